The number of benzene rings is 2. The Kier molecular flexibility index (Phi) is 4.51. The molecule has 1 aliphatic heterocycles. The molecule has 0 saturated carbocycles. The van der Waals surface area contributed by atoms with Gasteiger partial charge in [0.2, 0.25) is 0 Å². The van der Waals surface area contributed by atoms with Gasteiger partial charge < -0.3 is 9.47 Å². The van der Waals surface area contributed by atoms with Gasteiger partial charge in [0, 0.05) is 12.0 Å². The Bertz CT molecular complexity index is 825. The Hall–Kier alpha value is -2.23. The largest absolute Gasteiger partial charge is 0.337 e. The van der Waals surface area contributed by atoms with Gasteiger partial charge in [0.1, 0.15) is 11.7 Å². The fourth-order valence-electron chi connectivity index (χ4n) is 4.41. The molecule has 26 heavy (non-hydrogen) atoms. The summed E-state index contributed by atoms with van der Waals surface area (Å²) in [6.45, 7) is 4.15. The highest BCUT2D eigenvalue weighted by Gasteiger charge is 2.57. The molecule has 1 aliphatic carbocycles. The molecule has 2 aliphatic rings. The van der Waals surface area contributed by atoms with Crippen LogP contribution in [0.15, 0.2) is 71.8 Å². The van der Waals surface area contributed by atoms with E-state index >= 15 is 0 Å². The number of ketones is 1. The second kappa shape index (κ2) is 6.82. The van der Waals surface area contributed by atoms with Crippen molar-refractivity contribution >= 4 is 5.78 Å². The highest BCUT2D eigenvalue weighted by atomic mass is 16.7. The van der Waals surface area contributed by atoms with Crippen molar-refractivity contribution in [1.82, 2.24) is 0 Å². The van der Waals surface area contributed by atoms with Crippen LogP contribution < -0.4 is 0 Å². The molecule has 1 spiro atoms. The van der Waals surface area contributed by atoms with Crippen molar-refractivity contribution in [2.45, 2.75) is 51.1 Å². The van der Waals surface area contributed by atoms with Crippen molar-refractivity contribution in [1.29, 1.82) is 0 Å². The molecule has 3 atom stereocenters. The summed E-state index contributed by atoms with van der Waals surface area (Å²) in [7, 11) is 0. The molecule has 0 unspecified atom stereocenters. The molecule has 134 valence electrons. The summed E-state index contributed by atoms with van der Waals surface area (Å²) < 4.78 is 13.0. The van der Waals surface area contributed by atoms with Crippen LogP contribution in [-0.2, 0) is 14.3 Å². The summed E-state index contributed by atoms with van der Waals surface area (Å²) in [5.41, 5.74) is 3.38. The Labute approximate surface area is 154 Å². The maximum atomic E-state index is 12.8. The molecule has 3 heteroatoms. The second-order valence-electron chi connectivity index (χ2n) is 6.94. The molecular formula is C23H24O3. The molecule has 0 radical (unpaired) electrons. The molecule has 0 aromatic heterocycles. The second-order valence-corrected chi connectivity index (χ2v) is 6.94. The van der Waals surface area contributed by atoms with Gasteiger partial charge in [-0.1, -0.05) is 74.5 Å². The first-order valence-corrected chi connectivity index (χ1v) is 9.38. The Morgan fingerprint density at radius 2 is 1.54 bits per heavy atom. The van der Waals surface area contributed by atoms with E-state index in [-0.39, 0.29) is 11.9 Å². The lowest BCUT2D eigenvalue weighted by molar-refractivity contribution is -0.120. The van der Waals surface area contributed by atoms with Crippen LogP contribution in [0.4, 0.5) is 0 Å². The van der Waals surface area contributed by atoms with E-state index < -0.39 is 11.9 Å². The summed E-state index contributed by atoms with van der Waals surface area (Å²) in [6.07, 6.45) is 1.15. The summed E-state index contributed by atoms with van der Waals surface area (Å²) in [5.74, 6) is 0.197. The Morgan fingerprint density at radius 1 is 0.923 bits per heavy atom. The van der Waals surface area contributed by atoms with Crippen molar-refractivity contribution in [3.8, 4) is 0 Å². The predicted octanol–water partition coefficient (Wildman–Crippen LogP) is 5.30. The maximum absolute atomic E-state index is 12.8. The summed E-state index contributed by atoms with van der Waals surface area (Å²) in [6, 6.07) is 20.1. The van der Waals surface area contributed by atoms with Crippen molar-refractivity contribution in [3.63, 3.8) is 0 Å². The van der Waals surface area contributed by atoms with Crippen LogP contribution in [0.25, 0.3) is 0 Å². The van der Waals surface area contributed by atoms with Crippen molar-refractivity contribution in [2.24, 2.45) is 0 Å². The molecule has 2 aromatic rings. The number of allylic oxidation sites excluding steroid dienone is 1. The van der Waals surface area contributed by atoms with Crippen molar-refractivity contribution in [3.05, 3.63) is 82.9 Å². The van der Waals surface area contributed by atoms with Crippen LogP contribution in [0.2, 0.25) is 0 Å². The fourth-order valence-corrected chi connectivity index (χ4v) is 4.41. The van der Waals surface area contributed by atoms with Crippen LogP contribution in [0.1, 0.15) is 56.6 Å². The van der Waals surface area contributed by atoms with E-state index in [0.29, 0.717) is 6.42 Å². The van der Waals surface area contributed by atoms with Crippen molar-refractivity contribution in [2.75, 3.05) is 0 Å². The SMILES string of the molecule is CCC1=C(CC)[C@@]2(CC1=O)O[C@@H](c1ccccc1)O[C@H]2c1ccccc1. The first kappa shape index (κ1) is 17.2. The van der Waals surface area contributed by atoms with Gasteiger partial charge in [-0.15, -0.1) is 0 Å². The average molecular weight is 348 g/mol. The molecule has 2 aromatic carbocycles. The van der Waals surface area contributed by atoms with Gasteiger partial charge in [-0.05, 0) is 29.6 Å². The molecule has 0 bridgehead atoms. The monoisotopic (exact) mass is 348 g/mol. The standard InChI is InChI=1S/C23H24O3/c1-3-18-19(4-2)23(15-20(18)24)21(16-11-7-5-8-12-16)25-22(26-23)17-13-9-6-10-14-17/h5-14,21-22H,3-4,15H2,1-2H3/t21-,22-,23+/m0/s1. The van der Waals surface area contributed by atoms with Crippen LogP contribution in [0.5, 0.6) is 0 Å². The first-order valence-electron chi connectivity index (χ1n) is 9.38. The predicted molar refractivity (Wildman–Crippen MR) is 100 cm³/mol. The van der Waals surface area contributed by atoms with E-state index in [2.05, 4.69) is 19.1 Å². The number of ether oxygens (including phenoxy) is 2. The molecule has 4 rings (SSSR count). The lowest BCUT2D eigenvalue weighted by atomic mass is 9.83. The van der Waals surface area contributed by atoms with E-state index in [1.165, 1.54) is 0 Å². The minimum atomic E-state index is -0.695. The molecule has 1 saturated heterocycles. The molecular weight excluding hydrogens is 324 g/mol. The van der Waals surface area contributed by atoms with E-state index in [4.69, 9.17) is 9.47 Å². The van der Waals surface area contributed by atoms with Crippen LogP contribution in [0, 0.1) is 0 Å². The number of carbonyl (C=O) groups excluding carboxylic acids is 1. The molecule has 1 heterocycles. The molecule has 1 fully saturated rings. The zero-order chi connectivity index (χ0) is 18.1. The number of carbonyl (C=O) groups is 1. The van der Waals surface area contributed by atoms with Gasteiger partial charge in [0.15, 0.2) is 12.1 Å². The van der Waals surface area contributed by atoms with Crippen LogP contribution >= 0.6 is 0 Å². The highest BCUT2D eigenvalue weighted by Crippen LogP contribution is 2.56. The van der Waals surface area contributed by atoms with Gasteiger partial charge in [0.05, 0.1) is 0 Å². The quantitative estimate of drug-likeness (QED) is 0.752. The fraction of sp³-hybridized carbons (Fsp3) is 0.348. The van der Waals surface area contributed by atoms with Crippen molar-refractivity contribution < 1.29 is 14.3 Å². The summed E-state index contributed by atoms with van der Waals surface area (Å²) >= 11 is 0. The third kappa shape index (κ3) is 2.63. The normalized spacial score (nSPS) is 28.3. The lowest BCUT2D eigenvalue weighted by Gasteiger charge is -2.31. The smallest absolute Gasteiger partial charge is 0.185 e. The number of hydrogen-bond donors (Lipinski definition) is 0. The first-order chi connectivity index (χ1) is 12.7. The highest BCUT2D eigenvalue weighted by molar-refractivity contribution is 6.00. The zero-order valence-corrected chi connectivity index (χ0v) is 15.3. The maximum Gasteiger partial charge on any atom is 0.185 e. The third-order valence-corrected chi connectivity index (χ3v) is 5.52. The topological polar surface area (TPSA) is 35.5 Å². The van der Waals surface area contributed by atoms with Crippen LogP contribution in [0.3, 0.4) is 0 Å². The van der Waals surface area contributed by atoms with E-state index in [0.717, 1.165) is 35.1 Å². The average Bonchev–Trinajstić information content (AvgIpc) is 3.20. The minimum Gasteiger partial charge on any atom is -0.337 e. The van der Waals surface area contributed by atoms with Gasteiger partial charge in [-0.3, -0.25) is 4.79 Å². The van der Waals surface area contributed by atoms with Gasteiger partial charge in [0.25, 0.3) is 0 Å². The van der Waals surface area contributed by atoms with Crippen LogP contribution in [-0.4, -0.2) is 11.4 Å². The minimum absolute atomic E-state index is 0.197. The van der Waals surface area contributed by atoms with Gasteiger partial charge in [-0.25, -0.2) is 0 Å². The molecule has 0 N–H and O–H groups in total. The Balaban J connectivity index is 1.82. The summed E-state index contributed by atoms with van der Waals surface area (Å²) in [4.78, 5) is 12.8. The molecule has 3 nitrogen and oxygen atoms in total. The van der Waals surface area contributed by atoms with E-state index in [1.807, 2.05) is 55.5 Å². The zero-order valence-electron chi connectivity index (χ0n) is 15.3. The number of Topliss-reactive ketones (excluding diaryl/α,β-unsaturated/α-hetero) is 1. The van der Waals surface area contributed by atoms with E-state index in [9.17, 15) is 4.79 Å². The lowest BCUT2D eigenvalue weighted by Crippen LogP contribution is -2.35. The number of rotatable bonds is 4. The Morgan fingerprint density at radius 3 is 2.12 bits per heavy atom. The summed E-state index contributed by atoms with van der Waals surface area (Å²) in [5, 5.41) is 0. The van der Waals surface area contributed by atoms with E-state index in [1.54, 1.807) is 0 Å². The number of hydrogen-bond acceptors (Lipinski definition) is 3. The molecule has 0 amide bonds. The van der Waals surface area contributed by atoms with Gasteiger partial charge in [-0.2, -0.15) is 0 Å². The van der Waals surface area contributed by atoms with Gasteiger partial charge >= 0.3 is 0 Å². The third-order valence-electron chi connectivity index (χ3n) is 5.52.